The quantitative estimate of drug-likeness (QED) is 0.737. The topological polar surface area (TPSA) is 80.7 Å². The molecule has 1 aromatic carbocycles. The van der Waals surface area contributed by atoms with Crippen molar-refractivity contribution >= 4 is 15.8 Å². The lowest BCUT2D eigenvalue weighted by Crippen LogP contribution is -2.19. The zero-order chi connectivity index (χ0) is 12.7. The minimum atomic E-state index is -3.51. The van der Waals surface area contributed by atoms with Gasteiger partial charge in [0.2, 0.25) is 0 Å². The molecule has 0 aliphatic carbocycles. The molecule has 0 aromatic heterocycles. The fraction of sp³-hybridized carbons (Fsp3) is 0.364. The Morgan fingerprint density at radius 3 is 2.47 bits per heavy atom. The Morgan fingerprint density at radius 1 is 1.24 bits per heavy atom. The summed E-state index contributed by atoms with van der Waals surface area (Å²) in [5.74, 6) is -1.65. The van der Waals surface area contributed by atoms with Crippen LogP contribution in [0.3, 0.4) is 0 Å². The number of aliphatic carboxylic acids is 1. The molecule has 0 atom stereocenters. The van der Waals surface area contributed by atoms with E-state index in [4.69, 9.17) is 9.84 Å². The lowest BCUT2D eigenvalue weighted by Gasteiger charge is -2.05. The summed E-state index contributed by atoms with van der Waals surface area (Å²) < 4.78 is 27.7. The van der Waals surface area contributed by atoms with Crippen LogP contribution in [0.4, 0.5) is 0 Å². The van der Waals surface area contributed by atoms with E-state index < -0.39 is 21.6 Å². The number of ether oxygens (including phenoxy) is 1. The number of sulfone groups is 1. The third-order valence-corrected chi connectivity index (χ3v) is 3.55. The molecule has 94 valence electrons. The number of hydrogen-bond donors (Lipinski definition) is 1. The van der Waals surface area contributed by atoms with E-state index in [-0.39, 0.29) is 18.8 Å². The monoisotopic (exact) mass is 258 g/mol. The maximum atomic E-state index is 11.2. The highest BCUT2D eigenvalue weighted by Gasteiger charge is 2.15. The fourth-order valence-corrected chi connectivity index (χ4v) is 2.32. The summed E-state index contributed by atoms with van der Waals surface area (Å²) in [4.78, 5) is 10.3. The highest BCUT2D eigenvalue weighted by molar-refractivity contribution is 7.92. The first-order valence-electron chi connectivity index (χ1n) is 5.10. The van der Waals surface area contributed by atoms with Crippen molar-refractivity contribution < 1.29 is 23.1 Å². The van der Waals surface area contributed by atoms with Crippen molar-refractivity contribution in [2.45, 2.75) is 6.42 Å². The summed E-state index contributed by atoms with van der Waals surface area (Å²) in [5, 5.41) is 8.37. The van der Waals surface area contributed by atoms with Gasteiger partial charge in [0, 0.05) is 0 Å². The summed E-state index contributed by atoms with van der Waals surface area (Å²) in [7, 11) is -3.51. The molecule has 0 unspecified atom stereocenters. The Labute approximate surface area is 100.0 Å². The minimum Gasteiger partial charge on any atom is -0.494 e. The van der Waals surface area contributed by atoms with Crippen molar-refractivity contribution in [3.63, 3.8) is 0 Å². The number of carboxylic acids is 1. The zero-order valence-corrected chi connectivity index (χ0v) is 10.0. The standard InChI is InChI=1S/C11H14O5S/c12-11(13)9-17(14,15)8-4-7-16-10-5-2-1-3-6-10/h1-3,5-6H,4,7-9H2,(H,12,13). The predicted molar refractivity (Wildman–Crippen MR) is 62.8 cm³/mol. The Hall–Kier alpha value is -1.56. The molecule has 1 N–H and O–H groups in total. The molecule has 0 bridgehead atoms. The van der Waals surface area contributed by atoms with E-state index >= 15 is 0 Å². The van der Waals surface area contributed by atoms with E-state index in [0.717, 1.165) is 0 Å². The molecular weight excluding hydrogens is 244 g/mol. The molecule has 0 fully saturated rings. The molecule has 1 aromatic rings. The molecule has 5 nitrogen and oxygen atoms in total. The van der Waals surface area contributed by atoms with Gasteiger partial charge in [0.15, 0.2) is 9.84 Å². The van der Waals surface area contributed by atoms with Gasteiger partial charge in [-0.15, -0.1) is 0 Å². The van der Waals surface area contributed by atoms with E-state index in [1.165, 1.54) is 0 Å². The molecular formula is C11H14O5S. The van der Waals surface area contributed by atoms with Crippen molar-refractivity contribution in [1.82, 2.24) is 0 Å². The van der Waals surface area contributed by atoms with E-state index in [9.17, 15) is 13.2 Å². The summed E-state index contributed by atoms with van der Waals surface area (Å²) in [6.07, 6.45) is 0.282. The second-order valence-corrected chi connectivity index (χ2v) is 5.68. The first-order valence-corrected chi connectivity index (χ1v) is 6.92. The van der Waals surface area contributed by atoms with Gasteiger partial charge < -0.3 is 9.84 Å². The van der Waals surface area contributed by atoms with Crippen LogP contribution in [-0.4, -0.2) is 37.6 Å². The molecule has 0 aliphatic rings. The Kier molecular flexibility index (Phi) is 4.96. The predicted octanol–water partition coefficient (Wildman–Crippen LogP) is 0.955. The number of benzene rings is 1. The van der Waals surface area contributed by atoms with Gasteiger partial charge in [0.25, 0.3) is 0 Å². The zero-order valence-electron chi connectivity index (χ0n) is 9.20. The van der Waals surface area contributed by atoms with Crippen molar-refractivity contribution in [3.8, 4) is 5.75 Å². The van der Waals surface area contributed by atoms with E-state index in [0.29, 0.717) is 5.75 Å². The highest BCUT2D eigenvalue weighted by atomic mass is 32.2. The van der Waals surface area contributed by atoms with Crippen molar-refractivity contribution in [1.29, 1.82) is 0 Å². The van der Waals surface area contributed by atoms with E-state index in [1.54, 1.807) is 12.1 Å². The van der Waals surface area contributed by atoms with Crippen LogP contribution in [0.1, 0.15) is 6.42 Å². The van der Waals surface area contributed by atoms with Gasteiger partial charge in [-0.3, -0.25) is 4.79 Å². The molecule has 0 heterocycles. The minimum absolute atomic E-state index is 0.174. The Balaban J connectivity index is 2.27. The van der Waals surface area contributed by atoms with Crippen LogP contribution in [0.5, 0.6) is 5.75 Å². The van der Waals surface area contributed by atoms with Crippen LogP contribution >= 0.6 is 0 Å². The van der Waals surface area contributed by atoms with Gasteiger partial charge in [-0.05, 0) is 18.6 Å². The number of para-hydroxylation sites is 1. The van der Waals surface area contributed by atoms with Crippen LogP contribution in [-0.2, 0) is 14.6 Å². The lowest BCUT2D eigenvalue weighted by atomic mass is 10.3. The third kappa shape index (κ3) is 5.91. The average Bonchev–Trinajstić information content (AvgIpc) is 2.24. The van der Waals surface area contributed by atoms with Crippen molar-refractivity contribution in [3.05, 3.63) is 30.3 Å². The first kappa shape index (κ1) is 13.5. The third-order valence-electron chi connectivity index (χ3n) is 1.96. The van der Waals surface area contributed by atoms with Crippen LogP contribution in [0.25, 0.3) is 0 Å². The van der Waals surface area contributed by atoms with Crippen molar-refractivity contribution in [2.24, 2.45) is 0 Å². The molecule has 0 spiro atoms. The maximum Gasteiger partial charge on any atom is 0.318 e. The highest BCUT2D eigenvalue weighted by Crippen LogP contribution is 2.08. The number of carboxylic acid groups (broad SMARTS) is 1. The molecule has 1 rings (SSSR count). The number of rotatable bonds is 7. The molecule has 0 amide bonds. The summed E-state index contributed by atoms with van der Waals surface area (Å²) in [6.45, 7) is 0.253. The SMILES string of the molecule is O=C(O)CS(=O)(=O)CCCOc1ccccc1. The fourth-order valence-electron chi connectivity index (χ4n) is 1.25. The maximum absolute atomic E-state index is 11.2. The Morgan fingerprint density at radius 2 is 1.88 bits per heavy atom. The van der Waals surface area contributed by atoms with Crippen LogP contribution < -0.4 is 4.74 Å². The largest absolute Gasteiger partial charge is 0.494 e. The molecule has 0 saturated carbocycles. The van der Waals surface area contributed by atoms with Crippen molar-refractivity contribution in [2.75, 3.05) is 18.1 Å². The van der Waals surface area contributed by atoms with Gasteiger partial charge in [-0.1, -0.05) is 18.2 Å². The second kappa shape index (κ2) is 6.24. The molecule has 0 aliphatic heterocycles. The summed E-state index contributed by atoms with van der Waals surface area (Å²) >= 11 is 0. The van der Waals surface area contributed by atoms with Crippen LogP contribution in [0.15, 0.2) is 30.3 Å². The first-order chi connectivity index (χ1) is 7.99. The summed E-state index contributed by atoms with van der Waals surface area (Å²) in [5.41, 5.74) is 0. The number of carbonyl (C=O) groups is 1. The average molecular weight is 258 g/mol. The smallest absolute Gasteiger partial charge is 0.318 e. The van der Waals surface area contributed by atoms with Gasteiger partial charge >= 0.3 is 5.97 Å². The Bertz CT molecular complexity index is 452. The van der Waals surface area contributed by atoms with Gasteiger partial charge in [0.05, 0.1) is 12.4 Å². The van der Waals surface area contributed by atoms with E-state index in [1.807, 2.05) is 18.2 Å². The van der Waals surface area contributed by atoms with Crippen LogP contribution in [0.2, 0.25) is 0 Å². The second-order valence-electron chi connectivity index (χ2n) is 3.50. The van der Waals surface area contributed by atoms with E-state index in [2.05, 4.69) is 0 Å². The van der Waals surface area contributed by atoms with Gasteiger partial charge in [-0.25, -0.2) is 8.42 Å². The number of hydrogen-bond acceptors (Lipinski definition) is 4. The molecule has 0 radical (unpaired) electrons. The lowest BCUT2D eigenvalue weighted by molar-refractivity contribution is -0.134. The molecule has 6 heteroatoms. The molecule has 0 saturated heterocycles. The van der Waals surface area contributed by atoms with Gasteiger partial charge in [0.1, 0.15) is 11.5 Å². The summed E-state index contributed by atoms with van der Waals surface area (Å²) in [6, 6.07) is 9.02. The van der Waals surface area contributed by atoms with Crippen LogP contribution in [0, 0.1) is 0 Å². The van der Waals surface area contributed by atoms with Gasteiger partial charge in [-0.2, -0.15) is 0 Å². The normalized spacial score (nSPS) is 11.1. The molecule has 17 heavy (non-hydrogen) atoms.